The molecule has 2 heterocycles. The maximum atomic E-state index is 13.3. The molecule has 1 aromatic carbocycles. The van der Waals surface area contributed by atoms with E-state index >= 15 is 0 Å². The number of alkyl halides is 3. The molecule has 2 fully saturated rings. The summed E-state index contributed by atoms with van der Waals surface area (Å²) < 4.78 is 42.1. The second kappa shape index (κ2) is 8.73. The van der Waals surface area contributed by atoms with Gasteiger partial charge in [-0.25, -0.2) is 0 Å². The third-order valence-corrected chi connectivity index (χ3v) is 6.62. The largest absolute Gasteiger partial charge is 0.573 e. The number of carboxylic acids is 1. The van der Waals surface area contributed by atoms with E-state index in [1.807, 2.05) is 6.92 Å². The molecule has 0 saturated carbocycles. The molecule has 32 heavy (non-hydrogen) atoms. The van der Waals surface area contributed by atoms with E-state index in [1.54, 1.807) is 13.8 Å². The van der Waals surface area contributed by atoms with Gasteiger partial charge in [0.05, 0.1) is 11.8 Å². The number of nitrogens with one attached hydrogen (secondary N) is 1. The molecular formula is C22H27F3N2O5. The first-order valence-corrected chi connectivity index (χ1v) is 10.7. The van der Waals surface area contributed by atoms with Crippen LogP contribution in [-0.4, -0.2) is 46.2 Å². The van der Waals surface area contributed by atoms with Gasteiger partial charge in [0.15, 0.2) is 0 Å². The number of carbonyl (C=O) groups excluding carboxylic acids is 2. The summed E-state index contributed by atoms with van der Waals surface area (Å²) in [6.45, 7) is 5.56. The lowest BCUT2D eigenvalue weighted by Crippen LogP contribution is -2.59. The van der Waals surface area contributed by atoms with E-state index in [0.29, 0.717) is 12.8 Å². The highest BCUT2D eigenvalue weighted by molar-refractivity contribution is 6.09. The average molecular weight is 456 g/mol. The maximum absolute atomic E-state index is 13.3. The van der Waals surface area contributed by atoms with Crippen LogP contribution in [0.15, 0.2) is 24.3 Å². The fourth-order valence-corrected chi connectivity index (χ4v) is 4.91. The van der Waals surface area contributed by atoms with Crippen LogP contribution in [0.25, 0.3) is 0 Å². The van der Waals surface area contributed by atoms with Crippen molar-refractivity contribution in [2.45, 2.75) is 58.0 Å². The zero-order chi connectivity index (χ0) is 23.8. The zero-order valence-electron chi connectivity index (χ0n) is 18.1. The number of hydrogen-bond donors (Lipinski definition) is 2. The molecule has 1 aromatic rings. The second-order valence-electron chi connectivity index (χ2n) is 8.41. The van der Waals surface area contributed by atoms with Crippen molar-refractivity contribution < 1.29 is 37.4 Å². The fraction of sp³-hybridized carbons (Fsp3) is 0.591. The lowest BCUT2D eigenvalue weighted by Gasteiger charge is -2.36. The minimum atomic E-state index is -4.90. The smallest absolute Gasteiger partial charge is 0.480 e. The SMILES string of the molecule is CCCCN1C(=O)C2C(c3cccc(OC(F)(F)F)c3)NC(C(=O)O)(C(C)CC)C2C1=O. The number of benzene rings is 1. The summed E-state index contributed by atoms with van der Waals surface area (Å²) in [5.41, 5.74) is -1.47. The molecule has 2 aliphatic rings. The van der Waals surface area contributed by atoms with E-state index in [2.05, 4.69) is 10.1 Å². The third-order valence-electron chi connectivity index (χ3n) is 6.62. The molecule has 2 saturated heterocycles. The normalized spacial score (nSPS) is 28.7. The van der Waals surface area contributed by atoms with E-state index in [0.717, 1.165) is 23.5 Å². The molecule has 0 spiro atoms. The molecule has 2 aliphatic heterocycles. The Morgan fingerprint density at radius 1 is 1.28 bits per heavy atom. The Balaban J connectivity index is 2.10. The standard InChI is InChI=1S/C22H27F3N2O5/c1-4-6-10-27-18(28)15-16(19(27)29)21(20(30)31,12(3)5-2)26-17(15)13-8-7-9-14(11-13)32-22(23,24)25/h7-9,11-12,15-17,26H,4-6,10H2,1-3H3,(H,30,31). The monoisotopic (exact) mass is 456 g/mol. The molecule has 0 aliphatic carbocycles. The van der Waals surface area contributed by atoms with Crippen molar-refractivity contribution in [2.75, 3.05) is 6.54 Å². The summed E-state index contributed by atoms with van der Waals surface area (Å²) in [5.74, 6) is -5.50. The molecule has 5 unspecified atom stereocenters. The number of likely N-dealkylation sites (tertiary alicyclic amines) is 1. The molecule has 7 nitrogen and oxygen atoms in total. The van der Waals surface area contributed by atoms with Gasteiger partial charge in [-0.05, 0) is 30.0 Å². The van der Waals surface area contributed by atoms with Gasteiger partial charge >= 0.3 is 12.3 Å². The van der Waals surface area contributed by atoms with E-state index in [-0.39, 0.29) is 12.1 Å². The number of carbonyl (C=O) groups is 3. The number of unbranched alkanes of at least 4 members (excludes halogenated alkanes) is 1. The van der Waals surface area contributed by atoms with Crippen LogP contribution in [0, 0.1) is 17.8 Å². The molecule has 2 amide bonds. The van der Waals surface area contributed by atoms with Crippen LogP contribution in [-0.2, 0) is 14.4 Å². The Bertz CT molecular complexity index is 906. The Kier molecular flexibility index (Phi) is 6.55. The molecule has 0 bridgehead atoms. The summed E-state index contributed by atoms with van der Waals surface area (Å²) in [6, 6.07) is 4.14. The van der Waals surface area contributed by atoms with Gasteiger partial charge in [-0.1, -0.05) is 45.7 Å². The number of aliphatic carboxylic acids is 1. The summed E-state index contributed by atoms with van der Waals surface area (Å²) in [6.07, 6.45) is -3.17. The highest BCUT2D eigenvalue weighted by Crippen LogP contribution is 2.52. The maximum Gasteiger partial charge on any atom is 0.573 e. The van der Waals surface area contributed by atoms with Crippen molar-refractivity contribution in [3.8, 4) is 5.75 Å². The van der Waals surface area contributed by atoms with Gasteiger partial charge in [0, 0.05) is 12.6 Å². The van der Waals surface area contributed by atoms with Crippen molar-refractivity contribution in [1.29, 1.82) is 0 Å². The van der Waals surface area contributed by atoms with Crippen LogP contribution >= 0.6 is 0 Å². The molecule has 3 rings (SSSR count). The first-order chi connectivity index (χ1) is 15.0. The molecule has 0 aromatic heterocycles. The quantitative estimate of drug-likeness (QED) is 0.582. The lowest BCUT2D eigenvalue weighted by molar-refractivity contribution is -0.274. The fourth-order valence-electron chi connectivity index (χ4n) is 4.91. The van der Waals surface area contributed by atoms with Crippen LogP contribution in [0.4, 0.5) is 13.2 Å². The van der Waals surface area contributed by atoms with Gasteiger partial charge in [0.25, 0.3) is 0 Å². The van der Waals surface area contributed by atoms with E-state index < -0.39 is 59.2 Å². The van der Waals surface area contributed by atoms with Crippen LogP contribution < -0.4 is 10.1 Å². The van der Waals surface area contributed by atoms with Crippen LogP contribution in [0.3, 0.4) is 0 Å². The number of nitrogens with zero attached hydrogens (tertiary/aromatic N) is 1. The van der Waals surface area contributed by atoms with Crippen molar-refractivity contribution in [3.63, 3.8) is 0 Å². The number of amides is 2. The summed E-state index contributed by atoms with van der Waals surface area (Å²) in [7, 11) is 0. The molecule has 10 heteroatoms. The van der Waals surface area contributed by atoms with Crippen molar-refractivity contribution in [1.82, 2.24) is 10.2 Å². The van der Waals surface area contributed by atoms with Crippen molar-refractivity contribution in [3.05, 3.63) is 29.8 Å². The summed E-state index contributed by atoms with van der Waals surface area (Å²) in [5, 5.41) is 13.2. The molecule has 5 atom stereocenters. The highest BCUT2D eigenvalue weighted by Gasteiger charge is 2.69. The number of rotatable bonds is 8. The van der Waals surface area contributed by atoms with Crippen LogP contribution in [0.5, 0.6) is 5.75 Å². The number of fused-ring (bicyclic) bond motifs is 1. The molecule has 0 radical (unpaired) electrons. The topological polar surface area (TPSA) is 95.9 Å². The van der Waals surface area contributed by atoms with Crippen molar-refractivity contribution in [2.24, 2.45) is 17.8 Å². The van der Waals surface area contributed by atoms with Gasteiger partial charge in [-0.15, -0.1) is 13.2 Å². The Labute approximate surface area is 183 Å². The number of halogens is 3. The first-order valence-electron chi connectivity index (χ1n) is 10.7. The van der Waals surface area contributed by atoms with Crippen LogP contribution in [0.2, 0.25) is 0 Å². The van der Waals surface area contributed by atoms with Gasteiger partial charge in [0.2, 0.25) is 11.8 Å². The molecule has 176 valence electrons. The first kappa shape index (κ1) is 24.0. The van der Waals surface area contributed by atoms with E-state index in [4.69, 9.17) is 0 Å². The average Bonchev–Trinajstić information content (AvgIpc) is 3.20. The van der Waals surface area contributed by atoms with Gasteiger partial charge in [-0.3, -0.25) is 24.6 Å². The van der Waals surface area contributed by atoms with Crippen LogP contribution in [0.1, 0.15) is 51.6 Å². The second-order valence-corrected chi connectivity index (χ2v) is 8.41. The summed E-state index contributed by atoms with van der Waals surface area (Å²) >= 11 is 0. The Morgan fingerprint density at radius 2 is 1.97 bits per heavy atom. The minimum absolute atomic E-state index is 0.182. The van der Waals surface area contributed by atoms with E-state index in [9.17, 15) is 32.7 Å². The predicted octanol–water partition coefficient (Wildman–Crippen LogP) is 3.50. The lowest BCUT2D eigenvalue weighted by atomic mass is 9.72. The Hall–Kier alpha value is -2.62. The molecule has 2 N–H and O–H groups in total. The van der Waals surface area contributed by atoms with Gasteiger partial charge in [-0.2, -0.15) is 0 Å². The van der Waals surface area contributed by atoms with Gasteiger partial charge in [0.1, 0.15) is 11.3 Å². The molecular weight excluding hydrogens is 429 g/mol. The predicted molar refractivity (Wildman–Crippen MR) is 107 cm³/mol. The zero-order valence-corrected chi connectivity index (χ0v) is 18.1. The van der Waals surface area contributed by atoms with Gasteiger partial charge < -0.3 is 9.84 Å². The van der Waals surface area contributed by atoms with E-state index in [1.165, 1.54) is 12.1 Å². The minimum Gasteiger partial charge on any atom is -0.480 e. The number of ether oxygens (including phenoxy) is 1. The number of imide groups is 1. The highest BCUT2D eigenvalue weighted by atomic mass is 19.4. The Morgan fingerprint density at radius 3 is 2.53 bits per heavy atom. The van der Waals surface area contributed by atoms with Crippen molar-refractivity contribution >= 4 is 17.8 Å². The summed E-state index contributed by atoms with van der Waals surface area (Å²) in [4.78, 5) is 40.3. The third kappa shape index (κ3) is 3.96. The number of hydrogen-bond acceptors (Lipinski definition) is 5. The number of carboxylic acid groups (broad SMARTS) is 1.